The summed E-state index contributed by atoms with van der Waals surface area (Å²) in [6.07, 6.45) is 6.95. The monoisotopic (exact) mass is 461 g/mol. The molecule has 1 aromatic rings. The van der Waals surface area contributed by atoms with Crippen LogP contribution in [0.4, 0.5) is 0 Å². The Bertz CT molecular complexity index is 811. The lowest BCUT2D eigenvalue weighted by atomic mass is 10.1. The van der Waals surface area contributed by atoms with Gasteiger partial charge in [0.2, 0.25) is 17.7 Å². The van der Waals surface area contributed by atoms with Crippen LogP contribution in [-0.4, -0.2) is 64.0 Å². The first-order valence-corrected chi connectivity index (χ1v) is 11.7. The highest BCUT2D eigenvalue weighted by atomic mass is 16.4. The molecule has 0 saturated carbocycles. The minimum absolute atomic E-state index is 0.0339. The Kier molecular flexibility index (Phi) is 10.7. The summed E-state index contributed by atoms with van der Waals surface area (Å²) in [5.41, 5.74) is 0.638. The van der Waals surface area contributed by atoms with Crippen LogP contribution in [0.3, 0.4) is 0 Å². The number of amides is 3. The fourth-order valence-corrected chi connectivity index (χ4v) is 3.96. The Morgan fingerprint density at radius 2 is 1.79 bits per heavy atom. The number of benzene rings is 1. The van der Waals surface area contributed by atoms with Crippen molar-refractivity contribution in [3.63, 3.8) is 0 Å². The van der Waals surface area contributed by atoms with E-state index in [2.05, 4.69) is 17.6 Å². The number of hydrogen-bond donors (Lipinski definition) is 4. The van der Waals surface area contributed by atoms with E-state index < -0.39 is 29.9 Å². The number of phenols is 1. The molecule has 0 bridgehead atoms. The summed E-state index contributed by atoms with van der Waals surface area (Å²) in [5, 5.41) is 23.7. The second-order valence-corrected chi connectivity index (χ2v) is 8.46. The molecule has 182 valence electrons. The number of carbonyl (C=O) groups excluding carboxylic acids is 3. The zero-order valence-electron chi connectivity index (χ0n) is 19.2. The first-order valence-electron chi connectivity index (χ1n) is 11.7. The summed E-state index contributed by atoms with van der Waals surface area (Å²) >= 11 is 0. The van der Waals surface area contributed by atoms with Crippen LogP contribution in [-0.2, 0) is 25.6 Å². The number of carboxylic acids is 1. The van der Waals surface area contributed by atoms with E-state index in [0.29, 0.717) is 24.9 Å². The third-order valence-corrected chi connectivity index (χ3v) is 5.80. The van der Waals surface area contributed by atoms with E-state index >= 15 is 0 Å². The van der Waals surface area contributed by atoms with Gasteiger partial charge in [0.1, 0.15) is 17.8 Å². The molecule has 1 heterocycles. The predicted octanol–water partition coefficient (Wildman–Crippen LogP) is 1.97. The third-order valence-electron chi connectivity index (χ3n) is 5.80. The number of hydrogen-bond acceptors (Lipinski definition) is 5. The summed E-state index contributed by atoms with van der Waals surface area (Å²) < 4.78 is 0. The fourth-order valence-electron chi connectivity index (χ4n) is 3.96. The number of unbranched alkanes of at least 4 members (excludes halogenated alkanes) is 4. The van der Waals surface area contributed by atoms with Gasteiger partial charge in [-0.15, -0.1) is 0 Å². The van der Waals surface area contributed by atoms with E-state index in [1.165, 1.54) is 12.1 Å². The second kappa shape index (κ2) is 13.4. The van der Waals surface area contributed by atoms with Crippen molar-refractivity contribution in [2.24, 2.45) is 0 Å². The lowest BCUT2D eigenvalue weighted by Crippen LogP contribution is -2.50. The Morgan fingerprint density at radius 1 is 1.09 bits per heavy atom. The van der Waals surface area contributed by atoms with E-state index in [0.717, 1.165) is 38.5 Å². The molecule has 0 aliphatic carbocycles. The first-order chi connectivity index (χ1) is 15.8. The van der Waals surface area contributed by atoms with Gasteiger partial charge in [0.05, 0.1) is 6.54 Å². The number of carboxylic acid groups (broad SMARTS) is 1. The highest BCUT2D eigenvalue weighted by Crippen LogP contribution is 2.19. The van der Waals surface area contributed by atoms with Crippen molar-refractivity contribution in [1.82, 2.24) is 15.5 Å². The molecule has 3 amide bonds. The summed E-state index contributed by atoms with van der Waals surface area (Å²) in [5.74, 6) is -2.19. The molecule has 2 atom stereocenters. The number of nitrogens with one attached hydrogen (secondary N) is 2. The lowest BCUT2D eigenvalue weighted by molar-refractivity contribution is -0.142. The van der Waals surface area contributed by atoms with E-state index in [1.54, 1.807) is 17.0 Å². The summed E-state index contributed by atoms with van der Waals surface area (Å²) in [4.78, 5) is 50.5. The molecule has 1 aliphatic rings. The summed E-state index contributed by atoms with van der Waals surface area (Å²) in [6, 6.07) is 4.28. The maximum Gasteiger partial charge on any atom is 0.326 e. The van der Waals surface area contributed by atoms with E-state index in [4.69, 9.17) is 0 Å². The Balaban J connectivity index is 1.80. The molecule has 1 aliphatic heterocycles. The Hall–Kier alpha value is -3.10. The topological polar surface area (TPSA) is 136 Å². The SMILES string of the molecule is CCCCCCCC(=O)N1CCC[C@H]1C(=O)NCC(=O)NC(Cc1ccc(O)cc1)C(=O)O. The van der Waals surface area contributed by atoms with Gasteiger partial charge in [-0.2, -0.15) is 0 Å². The lowest BCUT2D eigenvalue weighted by Gasteiger charge is -2.24. The second-order valence-electron chi connectivity index (χ2n) is 8.46. The number of nitrogens with zero attached hydrogens (tertiary/aromatic N) is 1. The molecule has 9 nitrogen and oxygen atoms in total. The Morgan fingerprint density at radius 3 is 2.45 bits per heavy atom. The van der Waals surface area contributed by atoms with Crippen LogP contribution in [0.1, 0.15) is 63.9 Å². The van der Waals surface area contributed by atoms with Gasteiger partial charge in [-0.25, -0.2) is 4.79 Å². The van der Waals surface area contributed by atoms with Crippen LogP contribution in [0, 0.1) is 0 Å². The first kappa shape index (κ1) is 26.2. The number of phenolic OH excluding ortho intramolecular Hbond substituents is 1. The van der Waals surface area contributed by atoms with E-state index in [9.17, 15) is 29.4 Å². The van der Waals surface area contributed by atoms with Crippen LogP contribution in [0.25, 0.3) is 0 Å². The fraction of sp³-hybridized carbons (Fsp3) is 0.583. The zero-order valence-corrected chi connectivity index (χ0v) is 19.2. The number of aliphatic carboxylic acids is 1. The van der Waals surface area contributed by atoms with E-state index in [-0.39, 0.29) is 24.6 Å². The molecule has 0 radical (unpaired) electrons. The highest BCUT2D eigenvalue weighted by Gasteiger charge is 2.33. The number of rotatable bonds is 13. The molecule has 0 aromatic heterocycles. The van der Waals surface area contributed by atoms with Crippen molar-refractivity contribution in [2.75, 3.05) is 13.1 Å². The van der Waals surface area contributed by atoms with Gasteiger partial charge in [0.25, 0.3) is 0 Å². The van der Waals surface area contributed by atoms with Gasteiger partial charge in [-0.05, 0) is 37.0 Å². The summed E-state index contributed by atoms with van der Waals surface area (Å²) in [6.45, 7) is 2.30. The Labute approximate surface area is 194 Å². The van der Waals surface area contributed by atoms with Gasteiger partial charge in [0.15, 0.2) is 0 Å². The number of carbonyl (C=O) groups is 4. The molecule has 4 N–H and O–H groups in total. The standard InChI is InChI=1S/C24H35N3O6/c1-2-3-4-5-6-9-22(30)27-14-7-8-20(27)23(31)25-16-21(29)26-19(24(32)33)15-17-10-12-18(28)13-11-17/h10-13,19-20,28H,2-9,14-16H2,1H3,(H,25,31)(H,26,29)(H,32,33)/t19?,20-/m0/s1. The van der Waals surface area contributed by atoms with Crippen molar-refractivity contribution in [3.05, 3.63) is 29.8 Å². The minimum Gasteiger partial charge on any atom is -0.508 e. The van der Waals surface area contributed by atoms with Crippen molar-refractivity contribution < 1.29 is 29.4 Å². The molecule has 33 heavy (non-hydrogen) atoms. The van der Waals surface area contributed by atoms with Gasteiger partial charge < -0.3 is 25.7 Å². The van der Waals surface area contributed by atoms with Gasteiger partial charge >= 0.3 is 5.97 Å². The molecule has 9 heteroatoms. The molecule has 0 spiro atoms. The minimum atomic E-state index is -1.20. The molecule has 1 aromatic carbocycles. The van der Waals surface area contributed by atoms with Crippen LogP contribution in [0.5, 0.6) is 5.75 Å². The van der Waals surface area contributed by atoms with Crippen molar-refractivity contribution in [2.45, 2.75) is 76.8 Å². The van der Waals surface area contributed by atoms with E-state index in [1.807, 2.05) is 0 Å². The molecule has 1 saturated heterocycles. The predicted molar refractivity (Wildman–Crippen MR) is 122 cm³/mol. The molecule has 1 fully saturated rings. The van der Waals surface area contributed by atoms with Crippen molar-refractivity contribution >= 4 is 23.7 Å². The molecular formula is C24H35N3O6. The molecule has 1 unspecified atom stereocenters. The van der Waals surface area contributed by atoms with Gasteiger partial charge in [-0.1, -0.05) is 44.7 Å². The van der Waals surface area contributed by atoms with Crippen LogP contribution >= 0.6 is 0 Å². The summed E-state index contributed by atoms with van der Waals surface area (Å²) in [7, 11) is 0. The van der Waals surface area contributed by atoms with Crippen molar-refractivity contribution in [3.8, 4) is 5.75 Å². The van der Waals surface area contributed by atoms with Gasteiger partial charge in [-0.3, -0.25) is 14.4 Å². The smallest absolute Gasteiger partial charge is 0.326 e. The normalized spacial score (nSPS) is 16.3. The van der Waals surface area contributed by atoms with Crippen LogP contribution in [0.15, 0.2) is 24.3 Å². The quantitative estimate of drug-likeness (QED) is 0.332. The maximum absolute atomic E-state index is 12.6. The average molecular weight is 462 g/mol. The van der Waals surface area contributed by atoms with Crippen LogP contribution < -0.4 is 10.6 Å². The largest absolute Gasteiger partial charge is 0.508 e. The average Bonchev–Trinajstić information content (AvgIpc) is 3.28. The number of aromatic hydroxyl groups is 1. The molecular weight excluding hydrogens is 426 g/mol. The molecule has 2 rings (SSSR count). The van der Waals surface area contributed by atoms with Crippen LogP contribution in [0.2, 0.25) is 0 Å². The zero-order chi connectivity index (χ0) is 24.2. The maximum atomic E-state index is 12.6. The van der Waals surface area contributed by atoms with Gasteiger partial charge in [0, 0.05) is 19.4 Å². The highest BCUT2D eigenvalue weighted by molar-refractivity contribution is 5.92. The number of likely N-dealkylation sites (tertiary alicyclic amines) is 1. The third kappa shape index (κ3) is 8.75. The van der Waals surface area contributed by atoms with Crippen molar-refractivity contribution in [1.29, 1.82) is 0 Å².